The highest BCUT2D eigenvalue weighted by Crippen LogP contribution is 2.37. The summed E-state index contributed by atoms with van der Waals surface area (Å²) in [5.41, 5.74) is -1.49. The lowest BCUT2D eigenvalue weighted by molar-refractivity contribution is -0.138. The van der Waals surface area contributed by atoms with E-state index in [1.807, 2.05) is 0 Å². The van der Waals surface area contributed by atoms with Gasteiger partial charge < -0.3 is 4.74 Å². The van der Waals surface area contributed by atoms with E-state index >= 15 is 0 Å². The third-order valence-corrected chi connectivity index (χ3v) is 2.45. The van der Waals surface area contributed by atoms with Crippen LogP contribution in [0.3, 0.4) is 0 Å². The molecule has 0 saturated carbocycles. The molecule has 1 aromatic rings. The second-order valence-electron chi connectivity index (χ2n) is 2.88. The van der Waals surface area contributed by atoms with Crippen LogP contribution in [0.1, 0.15) is 22.8 Å². The number of alkyl halides is 3. The van der Waals surface area contributed by atoms with Crippen LogP contribution in [0.5, 0.6) is 0 Å². The normalized spacial score (nSPS) is 11.3. The molecule has 0 heterocycles. The molecule has 0 spiro atoms. The summed E-state index contributed by atoms with van der Waals surface area (Å²) >= 11 is 2.77. The average molecular weight is 297 g/mol. The standard InChI is InChI=1S/C10H8BrF3O2/c1-2-16-9(15)6-4-3-5-7(11)8(6)10(12,13)14/h3-5H,2H2,1H3. The molecule has 0 bridgehead atoms. The predicted octanol–water partition coefficient (Wildman–Crippen LogP) is 3.64. The average Bonchev–Trinajstić information content (AvgIpc) is 2.15. The maximum atomic E-state index is 12.7. The molecule has 1 rings (SSSR count). The molecule has 0 aromatic heterocycles. The van der Waals surface area contributed by atoms with Crippen molar-refractivity contribution in [3.63, 3.8) is 0 Å². The number of benzene rings is 1. The number of rotatable bonds is 2. The number of carbonyl (C=O) groups excluding carboxylic acids is 1. The number of ether oxygens (including phenoxy) is 1. The van der Waals surface area contributed by atoms with E-state index in [0.717, 1.165) is 6.07 Å². The number of carbonyl (C=O) groups is 1. The number of esters is 1. The Hall–Kier alpha value is -1.04. The molecule has 0 aliphatic heterocycles. The van der Waals surface area contributed by atoms with Crippen molar-refractivity contribution < 1.29 is 22.7 Å². The third kappa shape index (κ3) is 2.75. The molecule has 2 nitrogen and oxygen atoms in total. The van der Waals surface area contributed by atoms with Gasteiger partial charge in [-0.05, 0) is 19.1 Å². The Morgan fingerprint density at radius 2 is 2.06 bits per heavy atom. The number of hydrogen-bond donors (Lipinski definition) is 0. The van der Waals surface area contributed by atoms with Crippen molar-refractivity contribution in [2.24, 2.45) is 0 Å². The van der Waals surface area contributed by atoms with Gasteiger partial charge in [0, 0.05) is 4.47 Å². The molecule has 0 fully saturated rings. The molecule has 0 aliphatic rings. The van der Waals surface area contributed by atoms with Gasteiger partial charge >= 0.3 is 12.1 Å². The van der Waals surface area contributed by atoms with Crippen LogP contribution in [-0.2, 0) is 10.9 Å². The highest BCUT2D eigenvalue weighted by atomic mass is 79.9. The summed E-state index contributed by atoms with van der Waals surface area (Å²) in [5.74, 6) is -0.976. The maximum absolute atomic E-state index is 12.7. The van der Waals surface area contributed by atoms with E-state index in [0.29, 0.717) is 0 Å². The molecule has 0 N–H and O–H groups in total. The smallest absolute Gasteiger partial charge is 0.418 e. The first kappa shape index (κ1) is 13.0. The first-order valence-electron chi connectivity index (χ1n) is 4.40. The quantitative estimate of drug-likeness (QED) is 0.779. The minimum absolute atomic E-state index is 0.0304. The summed E-state index contributed by atoms with van der Waals surface area (Å²) in [6.45, 7) is 1.56. The predicted molar refractivity (Wildman–Crippen MR) is 55.1 cm³/mol. The molecular weight excluding hydrogens is 289 g/mol. The third-order valence-electron chi connectivity index (χ3n) is 1.79. The van der Waals surface area contributed by atoms with E-state index in [1.54, 1.807) is 0 Å². The fraction of sp³-hybridized carbons (Fsp3) is 0.300. The Kier molecular flexibility index (Phi) is 3.96. The molecule has 1 aromatic carbocycles. The Bertz CT molecular complexity index is 402. The van der Waals surface area contributed by atoms with Crippen LogP contribution in [0, 0.1) is 0 Å². The lowest BCUT2D eigenvalue weighted by atomic mass is 10.1. The van der Waals surface area contributed by atoms with Crippen LogP contribution >= 0.6 is 15.9 Å². The van der Waals surface area contributed by atoms with Crippen molar-refractivity contribution in [2.45, 2.75) is 13.1 Å². The molecule has 6 heteroatoms. The van der Waals surface area contributed by atoms with Gasteiger partial charge in [0.25, 0.3) is 0 Å². The van der Waals surface area contributed by atoms with Gasteiger partial charge in [0.05, 0.1) is 17.7 Å². The molecule has 0 unspecified atom stereocenters. The largest absolute Gasteiger partial charge is 0.462 e. The molecule has 0 amide bonds. The molecule has 0 aliphatic carbocycles. The molecule has 0 saturated heterocycles. The van der Waals surface area contributed by atoms with Gasteiger partial charge in [-0.1, -0.05) is 22.0 Å². The van der Waals surface area contributed by atoms with E-state index in [1.165, 1.54) is 19.1 Å². The zero-order valence-electron chi connectivity index (χ0n) is 8.27. The lowest BCUT2D eigenvalue weighted by Gasteiger charge is -2.13. The van der Waals surface area contributed by atoms with Crippen molar-refractivity contribution in [1.82, 2.24) is 0 Å². The second-order valence-corrected chi connectivity index (χ2v) is 3.73. The van der Waals surface area contributed by atoms with Crippen molar-refractivity contribution in [1.29, 1.82) is 0 Å². The fourth-order valence-corrected chi connectivity index (χ4v) is 1.78. The Morgan fingerprint density at radius 3 is 2.56 bits per heavy atom. The Balaban J connectivity index is 3.29. The van der Waals surface area contributed by atoms with Crippen LogP contribution in [-0.4, -0.2) is 12.6 Å². The lowest BCUT2D eigenvalue weighted by Crippen LogP contribution is -2.15. The molecule has 0 atom stereocenters. The minimum Gasteiger partial charge on any atom is -0.462 e. The van der Waals surface area contributed by atoms with Crippen LogP contribution in [0.4, 0.5) is 13.2 Å². The molecular formula is C10H8BrF3O2. The summed E-state index contributed by atoms with van der Waals surface area (Å²) in [7, 11) is 0. The van der Waals surface area contributed by atoms with Gasteiger partial charge in [0.1, 0.15) is 0 Å². The van der Waals surface area contributed by atoms with Crippen LogP contribution < -0.4 is 0 Å². The second kappa shape index (κ2) is 4.86. The summed E-state index contributed by atoms with van der Waals surface area (Å²) in [6, 6.07) is 3.67. The van der Waals surface area contributed by atoms with Gasteiger partial charge in [-0.2, -0.15) is 13.2 Å². The summed E-state index contributed by atoms with van der Waals surface area (Å²) in [4.78, 5) is 11.3. The van der Waals surface area contributed by atoms with Gasteiger partial charge in [-0.25, -0.2) is 4.79 Å². The summed E-state index contributed by atoms with van der Waals surface area (Å²) < 4.78 is 42.4. The maximum Gasteiger partial charge on any atom is 0.418 e. The Morgan fingerprint density at radius 1 is 1.44 bits per heavy atom. The fourth-order valence-electron chi connectivity index (χ4n) is 1.19. The monoisotopic (exact) mass is 296 g/mol. The van der Waals surface area contributed by atoms with Crippen molar-refractivity contribution in [3.05, 3.63) is 33.8 Å². The minimum atomic E-state index is -4.60. The van der Waals surface area contributed by atoms with E-state index in [4.69, 9.17) is 0 Å². The van der Waals surface area contributed by atoms with Gasteiger partial charge in [-0.3, -0.25) is 0 Å². The first-order chi connectivity index (χ1) is 7.38. The first-order valence-corrected chi connectivity index (χ1v) is 5.20. The summed E-state index contributed by atoms with van der Waals surface area (Å²) in [5, 5.41) is 0. The van der Waals surface area contributed by atoms with E-state index in [9.17, 15) is 18.0 Å². The SMILES string of the molecule is CCOC(=O)c1cccc(Br)c1C(F)(F)F. The highest BCUT2D eigenvalue weighted by molar-refractivity contribution is 9.10. The van der Waals surface area contributed by atoms with Gasteiger partial charge in [-0.15, -0.1) is 0 Å². The van der Waals surface area contributed by atoms with E-state index in [-0.39, 0.29) is 11.1 Å². The van der Waals surface area contributed by atoms with Crippen molar-refractivity contribution >= 4 is 21.9 Å². The molecule has 16 heavy (non-hydrogen) atoms. The molecule has 0 radical (unpaired) electrons. The number of hydrogen-bond acceptors (Lipinski definition) is 2. The zero-order chi connectivity index (χ0) is 12.3. The van der Waals surface area contributed by atoms with Crippen molar-refractivity contribution in [2.75, 3.05) is 6.61 Å². The zero-order valence-corrected chi connectivity index (χ0v) is 9.85. The van der Waals surface area contributed by atoms with Crippen LogP contribution in [0.2, 0.25) is 0 Å². The van der Waals surface area contributed by atoms with E-state index < -0.39 is 23.3 Å². The Labute approximate surface area is 98.5 Å². The van der Waals surface area contributed by atoms with Crippen molar-refractivity contribution in [3.8, 4) is 0 Å². The van der Waals surface area contributed by atoms with E-state index in [2.05, 4.69) is 20.7 Å². The highest BCUT2D eigenvalue weighted by Gasteiger charge is 2.37. The van der Waals surface area contributed by atoms with Gasteiger partial charge in [0.15, 0.2) is 0 Å². The topological polar surface area (TPSA) is 26.3 Å². The summed E-state index contributed by atoms with van der Waals surface area (Å²) in [6.07, 6.45) is -4.60. The molecule has 88 valence electrons. The number of halogens is 4. The van der Waals surface area contributed by atoms with Crippen LogP contribution in [0.15, 0.2) is 22.7 Å². The van der Waals surface area contributed by atoms with Crippen LogP contribution in [0.25, 0.3) is 0 Å². The van der Waals surface area contributed by atoms with Gasteiger partial charge in [0.2, 0.25) is 0 Å².